The van der Waals surface area contributed by atoms with E-state index in [1.165, 1.54) is 0 Å². The second-order valence-electron chi connectivity index (χ2n) is 2.85. The summed E-state index contributed by atoms with van der Waals surface area (Å²) in [4.78, 5) is 0. The normalized spacial score (nSPS) is 15.0. The quantitative estimate of drug-likeness (QED) is 0.560. The molecule has 0 atom stereocenters. The van der Waals surface area contributed by atoms with Gasteiger partial charge in [0, 0.05) is 0 Å². The van der Waals surface area contributed by atoms with Crippen molar-refractivity contribution in [2.45, 2.75) is 24.9 Å². The van der Waals surface area contributed by atoms with Crippen molar-refractivity contribution in [3.63, 3.8) is 0 Å². The van der Waals surface area contributed by atoms with Crippen molar-refractivity contribution in [3.05, 3.63) is 11.8 Å². The third-order valence-corrected chi connectivity index (χ3v) is 1.12. The van der Waals surface area contributed by atoms with Gasteiger partial charge >= 0.3 is 18.5 Å². The van der Waals surface area contributed by atoms with E-state index in [1.807, 2.05) is 0 Å². The molecule has 0 bridgehead atoms. The van der Waals surface area contributed by atoms with Crippen molar-refractivity contribution in [2.24, 2.45) is 0 Å². The second-order valence-corrected chi connectivity index (χ2v) is 2.85. The summed E-state index contributed by atoms with van der Waals surface area (Å²) < 4.78 is 108. The average molecular weight is 276 g/mol. The zero-order chi connectivity index (χ0) is 13.9. The lowest BCUT2D eigenvalue weighted by Gasteiger charge is -2.15. The Labute approximate surface area is 88.8 Å². The molecule has 0 aromatic rings. The summed E-state index contributed by atoms with van der Waals surface area (Å²) in [5.74, 6) is -1.83. The first-order chi connectivity index (χ1) is 7.29. The smallest absolute Gasteiger partial charge is 0.422 e. The van der Waals surface area contributed by atoms with E-state index in [0.29, 0.717) is 0 Å². The van der Waals surface area contributed by atoms with E-state index in [0.717, 1.165) is 0 Å². The maximum Gasteiger partial charge on any atom is 0.422 e. The first-order valence-electron chi connectivity index (χ1n) is 3.83. The van der Waals surface area contributed by atoms with Gasteiger partial charge in [-0.05, 0) is 0 Å². The Morgan fingerprint density at radius 2 is 1.29 bits per heavy atom. The maximum atomic E-state index is 11.7. The molecular weight excluding hydrogens is 271 g/mol. The van der Waals surface area contributed by atoms with Crippen molar-refractivity contribution in [3.8, 4) is 0 Å². The molecule has 0 rings (SSSR count). The number of rotatable bonds is 3. The molecule has 0 aliphatic rings. The highest BCUT2D eigenvalue weighted by atomic mass is 19.4. The number of hydrogen-bond acceptors (Lipinski definition) is 1. The van der Waals surface area contributed by atoms with E-state index in [2.05, 4.69) is 4.74 Å². The van der Waals surface area contributed by atoms with Gasteiger partial charge in [-0.1, -0.05) is 0 Å². The van der Waals surface area contributed by atoms with E-state index in [-0.39, 0.29) is 0 Å². The zero-order valence-corrected chi connectivity index (χ0v) is 7.80. The molecule has 0 spiro atoms. The van der Waals surface area contributed by atoms with Crippen molar-refractivity contribution < 1.29 is 44.3 Å². The van der Waals surface area contributed by atoms with E-state index in [9.17, 15) is 39.5 Å². The van der Waals surface area contributed by atoms with Gasteiger partial charge < -0.3 is 4.74 Å². The lowest BCUT2D eigenvalue weighted by atomic mass is 10.3. The predicted octanol–water partition coefficient (Wildman–Crippen LogP) is 3.96. The van der Waals surface area contributed by atoms with Gasteiger partial charge in [-0.3, -0.25) is 0 Å². The third kappa shape index (κ3) is 11.2. The third-order valence-electron chi connectivity index (χ3n) is 1.12. The van der Waals surface area contributed by atoms with Crippen LogP contribution in [0.5, 0.6) is 0 Å². The van der Waals surface area contributed by atoms with Crippen LogP contribution in [0.2, 0.25) is 0 Å². The summed E-state index contributed by atoms with van der Waals surface area (Å²) in [6.07, 6.45) is -18.5. The van der Waals surface area contributed by atoms with Crippen molar-refractivity contribution in [1.82, 2.24) is 0 Å². The van der Waals surface area contributed by atoms with Crippen molar-refractivity contribution >= 4 is 0 Å². The van der Waals surface area contributed by atoms with Crippen LogP contribution in [0.3, 0.4) is 0 Å². The van der Waals surface area contributed by atoms with Crippen LogP contribution >= 0.6 is 0 Å². The molecule has 1 nitrogen and oxygen atoms in total. The number of halogens is 9. The minimum Gasteiger partial charge on any atom is -0.488 e. The molecular formula is C7H5F9O. The highest BCUT2D eigenvalue weighted by Crippen LogP contribution is 2.29. The number of hydrogen-bond donors (Lipinski definition) is 0. The van der Waals surface area contributed by atoms with Gasteiger partial charge in [-0.15, -0.1) is 0 Å². The molecule has 0 saturated carbocycles. The van der Waals surface area contributed by atoms with E-state index in [4.69, 9.17) is 0 Å². The Hall–Kier alpha value is -1.09. The summed E-state index contributed by atoms with van der Waals surface area (Å²) in [7, 11) is 0. The minimum atomic E-state index is -5.19. The predicted molar refractivity (Wildman–Crippen MR) is 36.8 cm³/mol. The Morgan fingerprint density at radius 3 is 1.59 bits per heavy atom. The minimum absolute atomic E-state index is 0.952. The van der Waals surface area contributed by atoms with E-state index in [1.54, 1.807) is 0 Å². The van der Waals surface area contributed by atoms with Crippen LogP contribution in [-0.2, 0) is 4.74 Å². The molecule has 10 heteroatoms. The molecule has 0 radical (unpaired) electrons. The van der Waals surface area contributed by atoms with Crippen LogP contribution in [0.4, 0.5) is 39.5 Å². The van der Waals surface area contributed by atoms with Gasteiger partial charge in [-0.25, -0.2) is 0 Å². The number of ether oxygens (including phenoxy) is 1. The molecule has 0 unspecified atom stereocenters. The lowest BCUT2D eigenvalue weighted by Crippen LogP contribution is -2.20. The molecule has 0 heterocycles. The van der Waals surface area contributed by atoms with Gasteiger partial charge in [-0.2, -0.15) is 39.5 Å². The van der Waals surface area contributed by atoms with Gasteiger partial charge in [0.1, 0.15) is 12.2 Å². The van der Waals surface area contributed by atoms with Crippen LogP contribution in [-0.4, -0.2) is 25.1 Å². The Bertz CT molecular complexity index is 269. The highest BCUT2D eigenvalue weighted by Gasteiger charge is 2.36. The molecule has 0 saturated heterocycles. The first kappa shape index (κ1) is 15.9. The zero-order valence-electron chi connectivity index (χ0n) is 7.80. The Balaban J connectivity index is 4.71. The molecule has 0 fully saturated rings. The monoisotopic (exact) mass is 276 g/mol. The second kappa shape index (κ2) is 5.05. The van der Waals surface area contributed by atoms with Crippen LogP contribution in [0.1, 0.15) is 6.42 Å². The molecule has 0 aromatic heterocycles. The first-order valence-corrected chi connectivity index (χ1v) is 3.83. The topological polar surface area (TPSA) is 9.23 Å². The van der Waals surface area contributed by atoms with Crippen molar-refractivity contribution in [2.75, 3.05) is 6.61 Å². The van der Waals surface area contributed by atoms with Crippen LogP contribution in [0.25, 0.3) is 0 Å². The summed E-state index contributed by atoms with van der Waals surface area (Å²) in [6, 6.07) is 0. The largest absolute Gasteiger partial charge is 0.488 e. The molecule has 0 aliphatic carbocycles. The standard InChI is InChI=1S/C7H5F9O/c8-5(9,10)1-4(2-6(11,12)13)17-3-7(14,15)16/h1H,2-3H2. The summed E-state index contributed by atoms with van der Waals surface area (Å²) in [5.41, 5.74) is 0. The van der Waals surface area contributed by atoms with Crippen LogP contribution in [0.15, 0.2) is 11.8 Å². The number of allylic oxidation sites excluding steroid dienone is 2. The van der Waals surface area contributed by atoms with Gasteiger partial charge in [0.25, 0.3) is 0 Å². The lowest BCUT2D eigenvalue weighted by molar-refractivity contribution is -0.176. The summed E-state index contributed by atoms with van der Waals surface area (Å²) in [5, 5.41) is 0. The van der Waals surface area contributed by atoms with E-state index < -0.39 is 43.4 Å². The molecule has 0 N–H and O–H groups in total. The van der Waals surface area contributed by atoms with E-state index >= 15 is 0 Å². The van der Waals surface area contributed by atoms with Gasteiger partial charge in [0.2, 0.25) is 0 Å². The van der Waals surface area contributed by atoms with Crippen molar-refractivity contribution in [1.29, 1.82) is 0 Å². The van der Waals surface area contributed by atoms with Crippen LogP contribution in [0, 0.1) is 0 Å². The SMILES string of the molecule is FC(F)(F)C=C(CC(F)(F)F)OCC(F)(F)F. The highest BCUT2D eigenvalue weighted by molar-refractivity contribution is 5.00. The maximum absolute atomic E-state index is 11.7. The molecule has 0 aliphatic heterocycles. The Morgan fingerprint density at radius 1 is 0.824 bits per heavy atom. The molecule has 17 heavy (non-hydrogen) atoms. The fourth-order valence-electron chi connectivity index (χ4n) is 0.698. The fourth-order valence-corrected chi connectivity index (χ4v) is 0.698. The molecule has 0 aromatic carbocycles. The summed E-state index contributed by atoms with van der Waals surface area (Å²) in [6.45, 7) is -2.22. The Kier molecular flexibility index (Phi) is 4.72. The van der Waals surface area contributed by atoms with Gasteiger partial charge in [0.15, 0.2) is 6.61 Å². The van der Waals surface area contributed by atoms with Crippen LogP contribution < -0.4 is 0 Å². The summed E-state index contributed by atoms with van der Waals surface area (Å²) >= 11 is 0. The van der Waals surface area contributed by atoms with Gasteiger partial charge in [0.05, 0.1) is 6.08 Å². The molecule has 102 valence electrons. The molecule has 0 amide bonds. The number of alkyl halides is 9. The fraction of sp³-hybridized carbons (Fsp3) is 0.714. The average Bonchev–Trinajstić information content (AvgIpc) is 1.92.